The average Bonchev–Trinajstić information content (AvgIpc) is 0.820. The standard InChI is InChI=1S/C100H137N11O19/c1-8-9-47-128-66-129-49-17-48-123-52-46-111-93-78-21-12-13-22-81(78)110(64-73-18-10-11-20-77(73)92(93)108-109-111)89(117)38-37-87(115)103-45-51-125-54-56-127-58-57-126-55-53-124-50-39-88(116)107-91(67(2)3)82(112)60-72(19-14-44-104-95(102)121)94(120)105-75-32-25-69(26-33-75)65-130-96(122)106-76(62-90(118)119)34-24-68-23-27-70-29-35-83-97(4,79(70)59-68)40-15-42-99(83,6)85(113)63-86(114)100(7)43-16-41-98(5)80-61-74(101)31-28-71(80)30-36-84(98)100/h10-13,18,20-23,25-28,31-33,59,61,67,72,76,83-84,91H,8-9,14-17,19,24,29-30,34-58,60,62-66,101H2,1-7H3,(H,103,115)(H,105,120)(H,106,122)(H,107,116)(H,118,119)(H3,102,104,121)/t72-,76-,83-,84-,91+,97-,98-,99+,100+/m1/s1. The van der Waals surface area contributed by atoms with Crippen molar-refractivity contribution >= 4 is 76.1 Å². The van der Waals surface area contributed by atoms with Crippen LogP contribution in [-0.4, -0.2) is 190 Å². The lowest BCUT2D eigenvalue weighted by Crippen LogP contribution is -2.55. The van der Waals surface area contributed by atoms with Crippen molar-refractivity contribution in [2.24, 2.45) is 40.2 Å². The molecule has 0 unspecified atom stereocenters. The fourth-order valence-corrected chi connectivity index (χ4v) is 20.3. The summed E-state index contributed by atoms with van der Waals surface area (Å²) in [7, 11) is 0. The van der Waals surface area contributed by atoms with E-state index in [9.17, 15) is 48.3 Å². The molecular weight excluding hydrogens is 1660 g/mol. The summed E-state index contributed by atoms with van der Waals surface area (Å²) in [5.74, 6) is -3.77. The van der Waals surface area contributed by atoms with E-state index in [1.807, 2.05) is 59.3 Å². The molecule has 30 heteroatoms. The number of nitrogen functional groups attached to an aromatic ring is 1. The van der Waals surface area contributed by atoms with Crippen molar-refractivity contribution in [2.45, 2.75) is 239 Å². The summed E-state index contributed by atoms with van der Waals surface area (Å²) in [5.41, 5.74) is 22.2. The Morgan fingerprint density at radius 3 is 1.85 bits per heavy atom. The van der Waals surface area contributed by atoms with Crippen molar-refractivity contribution in [3.8, 4) is 22.5 Å². The van der Waals surface area contributed by atoms with Crippen molar-refractivity contribution in [3.63, 3.8) is 0 Å². The molecule has 4 aliphatic carbocycles. The van der Waals surface area contributed by atoms with Gasteiger partial charge in [-0.1, -0.05) is 152 Å². The van der Waals surface area contributed by atoms with Gasteiger partial charge in [0.1, 0.15) is 30.7 Å². The molecule has 2 saturated carbocycles. The van der Waals surface area contributed by atoms with E-state index in [-0.39, 0.29) is 189 Å². The van der Waals surface area contributed by atoms with Gasteiger partial charge in [0.05, 0.1) is 109 Å². The van der Waals surface area contributed by atoms with Crippen LogP contribution in [0.3, 0.4) is 0 Å². The second kappa shape index (κ2) is 48.7. The van der Waals surface area contributed by atoms with Gasteiger partial charge in [-0.2, -0.15) is 0 Å². The summed E-state index contributed by atoms with van der Waals surface area (Å²) in [4.78, 5) is 137. The maximum atomic E-state index is 15.0. The van der Waals surface area contributed by atoms with Gasteiger partial charge in [0.15, 0.2) is 5.78 Å². The number of anilines is 3. The fraction of sp³-hybridized carbons (Fsp3) is 0.580. The first-order chi connectivity index (χ1) is 62.6. The number of carboxylic acid groups (broad SMARTS) is 1. The van der Waals surface area contributed by atoms with E-state index in [0.29, 0.717) is 74.9 Å². The zero-order valence-electron chi connectivity index (χ0n) is 77.1. The number of aliphatic carboxylic acids is 1. The number of alkyl carbamates (subject to hydrolysis) is 1. The maximum Gasteiger partial charge on any atom is 0.407 e. The van der Waals surface area contributed by atoms with Gasteiger partial charge < -0.3 is 86.0 Å². The van der Waals surface area contributed by atoms with Gasteiger partial charge in [-0.15, -0.1) is 5.10 Å². The molecule has 30 nitrogen and oxygen atoms in total. The van der Waals surface area contributed by atoms with Crippen LogP contribution in [-0.2, 0) is 126 Å². The number of urea groups is 1. The number of aromatic nitrogens is 3. The van der Waals surface area contributed by atoms with E-state index in [0.717, 1.165) is 117 Å². The van der Waals surface area contributed by atoms with E-state index >= 15 is 4.79 Å². The molecule has 2 fully saturated rings. The number of hydrogen-bond donors (Lipinski definition) is 8. The monoisotopic (exact) mass is 1800 g/mol. The maximum absolute atomic E-state index is 15.0. The summed E-state index contributed by atoms with van der Waals surface area (Å²) >= 11 is 0. The SMILES string of the molecule is CCCCOCOCCCOCCn1nnc2c1-c1ccccc1N(C(=O)CCC(=O)NCCOCCOCCOCCOCCC(=O)N[C@H](C(=O)C[C@@H](CCCNC(N)=O)C(=O)Nc1ccc(COC(=O)N[C@H](CCc3ccc4c(c3)[C@@]3(C)CCC[C@](C)(C(=O)CC(=O)[C@@]5(C)CCC[C@]6(C)c7cc(N)ccc7CC[C@@H]56)[C@@H]3CC4)CC(=O)O)cc1)C(C)C)Cc1ccccc1-2. The molecular formula is C100H137N11O19. The Hall–Kier alpha value is -10.3. The number of amides is 7. The zero-order chi connectivity index (χ0) is 92.8. The Morgan fingerprint density at radius 2 is 1.19 bits per heavy atom. The molecule has 130 heavy (non-hydrogen) atoms. The third kappa shape index (κ3) is 27.0. The van der Waals surface area contributed by atoms with Crippen LogP contribution in [0.25, 0.3) is 22.5 Å². The Labute approximate surface area is 764 Å². The van der Waals surface area contributed by atoms with Crippen LogP contribution < -0.4 is 43.0 Å². The van der Waals surface area contributed by atoms with Crippen molar-refractivity contribution in [1.82, 2.24) is 36.3 Å². The fourth-order valence-electron chi connectivity index (χ4n) is 20.3. The Kier molecular flexibility index (Phi) is 37.5. The van der Waals surface area contributed by atoms with Crippen LogP contribution >= 0.6 is 0 Å². The highest BCUT2D eigenvalue weighted by molar-refractivity contribution is 6.05. The predicted molar refractivity (Wildman–Crippen MR) is 493 cm³/mol. The van der Waals surface area contributed by atoms with Gasteiger partial charge in [-0.25, -0.2) is 14.3 Å². The molecule has 7 amide bonds. The number of hydrogen-bond acceptors (Lipinski definition) is 21. The van der Waals surface area contributed by atoms with E-state index < -0.39 is 58.7 Å². The molecule has 706 valence electrons. The smallest absolute Gasteiger partial charge is 0.407 e. The minimum atomic E-state index is -1.08. The Bertz CT molecular complexity index is 4830. The number of Topliss-reactive ketones (excluding diaryl/α,β-unsaturated/α-hetero) is 3. The number of para-hydroxylation sites is 1. The molecule has 0 saturated heterocycles. The van der Waals surface area contributed by atoms with E-state index in [2.05, 4.69) is 102 Å². The number of rotatable bonds is 53. The van der Waals surface area contributed by atoms with Crippen molar-refractivity contribution in [1.29, 1.82) is 0 Å². The molecule has 5 aromatic carbocycles. The van der Waals surface area contributed by atoms with Crippen LogP contribution in [0.5, 0.6) is 0 Å². The lowest BCUT2D eigenvalue weighted by Gasteiger charge is -2.56. The summed E-state index contributed by atoms with van der Waals surface area (Å²) in [6, 6.07) is 32.3. The molecule has 2 heterocycles. The van der Waals surface area contributed by atoms with Crippen LogP contribution in [0.1, 0.15) is 216 Å². The van der Waals surface area contributed by atoms with Crippen LogP contribution in [0.4, 0.5) is 26.7 Å². The highest BCUT2D eigenvalue weighted by Crippen LogP contribution is 2.61. The highest BCUT2D eigenvalue weighted by Gasteiger charge is 2.58. The molecule has 1 aromatic heterocycles. The number of aryl methyl sites for hydroxylation is 3. The van der Waals surface area contributed by atoms with Crippen molar-refractivity contribution < 1.29 is 90.9 Å². The van der Waals surface area contributed by atoms with Crippen LogP contribution in [0.2, 0.25) is 0 Å². The molecule has 0 bridgehead atoms. The summed E-state index contributed by atoms with van der Waals surface area (Å²) in [5, 5.41) is 33.0. The molecule has 10 N–H and O–H groups in total. The van der Waals surface area contributed by atoms with Gasteiger partial charge in [0, 0.05) is 97.3 Å². The summed E-state index contributed by atoms with van der Waals surface area (Å²) < 4.78 is 47.0. The lowest BCUT2D eigenvalue weighted by molar-refractivity contribution is -0.146. The first-order valence-electron chi connectivity index (χ1n) is 46.8. The third-order valence-electron chi connectivity index (χ3n) is 27.3. The van der Waals surface area contributed by atoms with E-state index in [1.165, 1.54) is 22.3 Å². The topological polar surface area (TPSA) is 411 Å². The van der Waals surface area contributed by atoms with Crippen LogP contribution in [0.15, 0.2) is 109 Å². The molecule has 0 radical (unpaired) electrons. The first kappa shape index (κ1) is 100. The van der Waals surface area contributed by atoms with E-state index in [4.69, 9.17) is 49.4 Å². The average molecular weight is 1800 g/mol. The number of ketones is 3. The number of nitrogens with one attached hydrogen (secondary N) is 5. The quantitative estimate of drug-likeness (QED) is 0.00761. The zero-order valence-corrected chi connectivity index (χ0v) is 77.1. The lowest BCUT2D eigenvalue weighted by atomic mass is 9.47. The van der Waals surface area contributed by atoms with Crippen molar-refractivity contribution in [3.05, 3.63) is 148 Å². The number of fused-ring (bicyclic) bond motifs is 11. The number of ether oxygens (including phenoxy) is 8. The van der Waals surface area contributed by atoms with Gasteiger partial charge in [0.25, 0.3) is 0 Å². The number of unbranched alkanes of at least 4 members (excludes halogenated alkanes) is 1. The number of primary amides is 1. The van der Waals surface area contributed by atoms with Gasteiger partial charge in [0.2, 0.25) is 23.6 Å². The molecule has 0 spiro atoms. The number of carboxylic acids is 1. The Morgan fingerprint density at radius 1 is 0.585 bits per heavy atom. The van der Waals surface area contributed by atoms with Crippen molar-refractivity contribution in [2.75, 3.05) is 115 Å². The minimum absolute atomic E-state index is 0.0188. The summed E-state index contributed by atoms with van der Waals surface area (Å²) in [6.07, 6.45) is 11.1. The molecule has 9 atom stereocenters. The second-order valence-electron chi connectivity index (χ2n) is 36.8. The second-order valence-corrected chi connectivity index (χ2v) is 36.8. The largest absolute Gasteiger partial charge is 0.481 e. The summed E-state index contributed by atoms with van der Waals surface area (Å²) in [6.45, 7) is 19.7. The molecule has 6 aromatic rings. The predicted octanol–water partition coefficient (Wildman–Crippen LogP) is 13.3. The van der Waals surface area contributed by atoms with E-state index in [1.54, 1.807) is 43.0 Å². The van der Waals surface area contributed by atoms with Gasteiger partial charge >= 0.3 is 18.1 Å². The molecule has 5 aliphatic rings. The normalized spacial score (nSPS) is 20.2. The van der Waals surface area contributed by atoms with Gasteiger partial charge in [-0.3, -0.25) is 38.4 Å². The number of nitrogens with two attached hydrogens (primary N) is 2. The Balaban J connectivity index is 0.549. The number of benzene rings is 5. The van der Waals surface area contributed by atoms with Crippen LogP contribution in [0, 0.1) is 34.5 Å². The number of carbonyl (C=O) groups excluding carboxylic acids is 9. The molecule has 11 rings (SSSR count). The number of nitrogens with zero attached hydrogens (tertiary/aromatic N) is 4. The third-order valence-corrected chi connectivity index (χ3v) is 27.3. The number of carbonyl (C=O) groups is 10. The first-order valence-corrected chi connectivity index (χ1v) is 46.8. The molecule has 1 aliphatic heterocycles. The van der Waals surface area contributed by atoms with Gasteiger partial charge in [-0.05, 0) is 188 Å². The highest BCUT2D eigenvalue weighted by atomic mass is 16.7. The minimum Gasteiger partial charge on any atom is -0.481 e.